The van der Waals surface area contributed by atoms with Crippen LogP contribution in [0.1, 0.15) is 29.7 Å². The number of hydrogen-bond acceptors (Lipinski definition) is 3. The highest BCUT2D eigenvalue weighted by Crippen LogP contribution is 2.23. The van der Waals surface area contributed by atoms with E-state index < -0.39 is 10.0 Å². The first-order valence-corrected chi connectivity index (χ1v) is 8.28. The van der Waals surface area contributed by atoms with Gasteiger partial charge >= 0.3 is 0 Å². The molecule has 4 nitrogen and oxygen atoms in total. The van der Waals surface area contributed by atoms with E-state index in [1.807, 2.05) is 38.1 Å². The Kier molecular flexibility index (Phi) is 4.34. The van der Waals surface area contributed by atoms with E-state index in [4.69, 9.17) is 5.14 Å². The van der Waals surface area contributed by atoms with Gasteiger partial charge in [0.2, 0.25) is 10.0 Å². The fourth-order valence-electron chi connectivity index (χ4n) is 2.27. The molecule has 0 bridgehead atoms. The summed E-state index contributed by atoms with van der Waals surface area (Å²) >= 11 is 0. The number of sulfonamides is 1. The Bertz CT molecular complexity index is 755. The van der Waals surface area contributed by atoms with Gasteiger partial charge in [-0.2, -0.15) is 0 Å². The molecule has 1 atom stereocenters. The van der Waals surface area contributed by atoms with Gasteiger partial charge in [-0.15, -0.1) is 0 Å². The molecule has 0 fully saturated rings. The number of aryl methyl sites for hydroxylation is 2. The summed E-state index contributed by atoms with van der Waals surface area (Å²) in [4.78, 5) is 0.156. The van der Waals surface area contributed by atoms with Crippen LogP contribution in [-0.2, 0) is 10.0 Å². The van der Waals surface area contributed by atoms with E-state index in [0.717, 1.165) is 11.3 Å². The second-order valence-electron chi connectivity index (χ2n) is 5.31. The lowest BCUT2D eigenvalue weighted by molar-refractivity contribution is 0.597. The normalized spacial score (nSPS) is 13.0. The molecular weight excluding hydrogens is 284 g/mol. The topological polar surface area (TPSA) is 72.2 Å². The van der Waals surface area contributed by atoms with Crippen LogP contribution in [0.5, 0.6) is 0 Å². The molecule has 0 saturated carbocycles. The zero-order chi connectivity index (χ0) is 15.6. The van der Waals surface area contributed by atoms with E-state index >= 15 is 0 Å². The molecular formula is C16H20N2O2S. The largest absolute Gasteiger partial charge is 0.378 e. The van der Waals surface area contributed by atoms with Gasteiger partial charge in [-0.1, -0.05) is 35.9 Å². The van der Waals surface area contributed by atoms with Gasteiger partial charge in [-0.25, -0.2) is 13.6 Å². The fourth-order valence-corrected chi connectivity index (χ4v) is 3.08. The number of anilines is 1. The Morgan fingerprint density at radius 3 is 2.43 bits per heavy atom. The van der Waals surface area contributed by atoms with Gasteiger partial charge in [0.15, 0.2) is 0 Å². The number of benzene rings is 2. The molecule has 2 rings (SSSR count). The first-order valence-electron chi connectivity index (χ1n) is 6.74. The minimum atomic E-state index is -3.70. The van der Waals surface area contributed by atoms with E-state index in [1.54, 1.807) is 19.1 Å². The molecule has 0 radical (unpaired) electrons. The third-order valence-corrected chi connectivity index (χ3v) is 4.47. The smallest absolute Gasteiger partial charge is 0.238 e. The Labute approximate surface area is 126 Å². The average Bonchev–Trinajstić information content (AvgIpc) is 2.39. The zero-order valence-corrected chi connectivity index (χ0v) is 13.2. The summed E-state index contributed by atoms with van der Waals surface area (Å²) in [7, 11) is -3.70. The molecule has 0 aliphatic rings. The van der Waals surface area contributed by atoms with Crippen molar-refractivity contribution >= 4 is 15.7 Å². The van der Waals surface area contributed by atoms with Gasteiger partial charge in [-0.3, -0.25) is 0 Å². The van der Waals surface area contributed by atoms with Crippen molar-refractivity contribution < 1.29 is 8.42 Å². The van der Waals surface area contributed by atoms with Gasteiger partial charge in [-0.05, 0) is 44.0 Å². The fraction of sp³-hybridized carbons (Fsp3) is 0.250. The van der Waals surface area contributed by atoms with E-state index in [-0.39, 0.29) is 10.9 Å². The molecule has 1 unspecified atom stereocenters. The zero-order valence-electron chi connectivity index (χ0n) is 12.4. The quantitative estimate of drug-likeness (QED) is 0.911. The molecule has 2 aromatic rings. The Balaban J connectivity index is 2.28. The number of primary sulfonamides is 1. The second kappa shape index (κ2) is 5.87. The number of nitrogens with one attached hydrogen (secondary N) is 1. The highest BCUT2D eigenvalue weighted by molar-refractivity contribution is 7.89. The summed E-state index contributed by atoms with van der Waals surface area (Å²) in [6.07, 6.45) is 0. The maximum absolute atomic E-state index is 11.6. The predicted molar refractivity (Wildman–Crippen MR) is 85.8 cm³/mol. The summed E-state index contributed by atoms with van der Waals surface area (Å²) in [6, 6.07) is 13.5. The molecule has 21 heavy (non-hydrogen) atoms. The molecule has 112 valence electrons. The van der Waals surface area contributed by atoms with Crippen LogP contribution in [0.4, 0.5) is 5.69 Å². The SMILES string of the molecule is Cc1cccc(C(C)Nc2ccc(C)c(S(N)(=O)=O)c2)c1. The van der Waals surface area contributed by atoms with Crippen LogP contribution in [0.3, 0.4) is 0 Å². The lowest BCUT2D eigenvalue weighted by Crippen LogP contribution is -2.14. The molecule has 2 aromatic carbocycles. The van der Waals surface area contributed by atoms with E-state index in [0.29, 0.717) is 5.56 Å². The van der Waals surface area contributed by atoms with Crippen molar-refractivity contribution in [1.82, 2.24) is 0 Å². The van der Waals surface area contributed by atoms with Crippen molar-refractivity contribution in [2.24, 2.45) is 5.14 Å². The number of hydrogen-bond donors (Lipinski definition) is 2. The van der Waals surface area contributed by atoms with Crippen molar-refractivity contribution in [3.8, 4) is 0 Å². The lowest BCUT2D eigenvalue weighted by Gasteiger charge is -2.17. The van der Waals surface area contributed by atoms with Gasteiger partial charge in [0.05, 0.1) is 4.90 Å². The van der Waals surface area contributed by atoms with Crippen LogP contribution >= 0.6 is 0 Å². The summed E-state index contributed by atoms with van der Waals surface area (Å²) in [5.41, 5.74) is 3.72. The first-order chi connectivity index (χ1) is 9.77. The lowest BCUT2D eigenvalue weighted by atomic mass is 10.1. The average molecular weight is 304 g/mol. The second-order valence-corrected chi connectivity index (χ2v) is 6.84. The maximum Gasteiger partial charge on any atom is 0.238 e. The highest BCUT2D eigenvalue weighted by atomic mass is 32.2. The minimum Gasteiger partial charge on any atom is -0.378 e. The third-order valence-electron chi connectivity index (χ3n) is 3.42. The van der Waals surface area contributed by atoms with Gasteiger partial charge < -0.3 is 5.32 Å². The van der Waals surface area contributed by atoms with Crippen LogP contribution in [0, 0.1) is 13.8 Å². The molecule has 0 amide bonds. The summed E-state index contributed by atoms with van der Waals surface area (Å²) in [5, 5.41) is 8.54. The van der Waals surface area contributed by atoms with Crippen molar-refractivity contribution in [3.63, 3.8) is 0 Å². The molecule has 3 N–H and O–H groups in total. The summed E-state index contributed by atoms with van der Waals surface area (Å²) in [5.74, 6) is 0. The summed E-state index contributed by atoms with van der Waals surface area (Å²) < 4.78 is 23.1. The van der Waals surface area contributed by atoms with Crippen molar-refractivity contribution in [2.75, 3.05) is 5.32 Å². The maximum atomic E-state index is 11.6. The molecule has 0 heterocycles. The Morgan fingerprint density at radius 2 is 1.81 bits per heavy atom. The summed E-state index contributed by atoms with van der Waals surface area (Å²) in [6.45, 7) is 5.81. The molecule has 0 aliphatic carbocycles. The minimum absolute atomic E-state index is 0.0703. The molecule has 0 spiro atoms. The van der Waals surface area contributed by atoms with Gasteiger partial charge in [0.1, 0.15) is 0 Å². The third kappa shape index (κ3) is 3.83. The van der Waals surface area contributed by atoms with Crippen LogP contribution < -0.4 is 10.5 Å². The highest BCUT2D eigenvalue weighted by Gasteiger charge is 2.13. The van der Waals surface area contributed by atoms with Gasteiger partial charge in [0, 0.05) is 11.7 Å². The van der Waals surface area contributed by atoms with Crippen molar-refractivity contribution in [3.05, 3.63) is 59.2 Å². The van der Waals surface area contributed by atoms with Crippen molar-refractivity contribution in [1.29, 1.82) is 0 Å². The van der Waals surface area contributed by atoms with E-state index in [1.165, 1.54) is 5.56 Å². The predicted octanol–water partition coefficient (Wildman–Crippen LogP) is 3.12. The van der Waals surface area contributed by atoms with Crippen LogP contribution in [0.2, 0.25) is 0 Å². The van der Waals surface area contributed by atoms with E-state index in [9.17, 15) is 8.42 Å². The molecule has 5 heteroatoms. The number of rotatable bonds is 4. The monoisotopic (exact) mass is 304 g/mol. The van der Waals surface area contributed by atoms with E-state index in [2.05, 4.69) is 11.4 Å². The van der Waals surface area contributed by atoms with Gasteiger partial charge in [0.25, 0.3) is 0 Å². The molecule has 0 aliphatic heterocycles. The first kappa shape index (κ1) is 15.5. The molecule has 0 saturated heterocycles. The van der Waals surface area contributed by atoms with Crippen LogP contribution in [0.15, 0.2) is 47.4 Å². The van der Waals surface area contributed by atoms with Crippen LogP contribution in [0.25, 0.3) is 0 Å². The van der Waals surface area contributed by atoms with Crippen LogP contribution in [-0.4, -0.2) is 8.42 Å². The Hall–Kier alpha value is -1.85. The Morgan fingerprint density at radius 1 is 1.10 bits per heavy atom. The number of nitrogens with two attached hydrogens (primary N) is 1. The van der Waals surface area contributed by atoms with Crippen molar-refractivity contribution in [2.45, 2.75) is 31.7 Å². The molecule has 0 aromatic heterocycles. The standard InChI is InChI=1S/C16H20N2O2S/c1-11-5-4-6-14(9-11)13(3)18-15-8-7-12(2)16(10-15)21(17,19)20/h4-10,13,18H,1-3H3,(H2,17,19,20).